The summed E-state index contributed by atoms with van der Waals surface area (Å²) in [5, 5.41) is 29.9. The lowest BCUT2D eigenvalue weighted by Crippen LogP contribution is -2.40. The van der Waals surface area contributed by atoms with E-state index in [1.807, 2.05) is 6.07 Å². The lowest BCUT2D eigenvalue weighted by molar-refractivity contribution is -0.261. The van der Waals surface area contributed by atoms with Crippen LogP contribution in [0.2, 0.25) is 0 Å². The summed E-state index contributed by atoms with van der Waals surface area (Å²) in [5.41, 5.74) is -4.49. The van der Waals surface area contributed by atoms with Crippen molar-refractivity contribution >= 4 is 11.5 Å². The van der Waals surface area contributed by atoms with Crippen LogP contribution in [0, 0.1) is 17.1 Å². The number of ether oxygens (including phenoxy) is 1. The number of hydrogen-bond donors (Lipinski definition) is 3. The summed E-state index contributed by atoms with van der Waals surface area (Å²) in [6.45, 7) is 2.04. The monoisotopic (exact) mass is 479 g/mol. The predicted octanol–water partition coefficient (Wildman–Crippen LogP) is 2.74. The van der Waals surface area contributed by atoms with E-state index in [1.54, 1.807) is 0 Å². The molecule has 9 nitrogen and oxygen atoms in total. The summed E-state index contributed by atoms with van der Waals surface area (Å²) in [6, 6.07) is 4.01. The minimum absolute atomic E-state index is 0.0176. The Bertz CT molecular complexity index is 1260. The van der Waals surface area contributed by atoms with Gasteiger partial charge in [-0.15, -0.1) is 0 Å². The van der Waals surface area contributed by atoms with Crippen molar-refractivity contribution in [3.8, 4) is 23.2 Å². The van der Waals surface area contributed by atoms with Crippen LogP contribution in [0.15, 0.2) is 18.3 Å². The van der Waals surface area contributed by atoms with Gasteiger partial charge in [-0.1, -0.05) is 0 Å². The topological polar surface area (TPSA) is 120 Å². The molecule has 0 aliphatic carbocycles. The maximum atomic E-state index is 15.0. The van der Waals surface area contributed by atoms with Crippen LogP contribution in [-0.2, 0) is 5.60 Å². The number of aromatic nitrogens is 4. The highest BCUT2D eigenvalue weighted by molar-refractivity contribution is 5.66. The molecule has 3 aromatic rings. The lowest BCUT2D eigenvalue weighted by atomic mass is 10.0. The van der Waals surface area contributed by atoms with E-state index in [0.29, 0.717) is 13.5 Å². The van der Waals surface area contributed by atoms with Crippen molar-refractivity contribution in [1.82, 2.24) is 24.9 Å². The third kappa shape index (κ3) is 4.10. The molecule has 3 N–H and O–H groups in total. The Morgan fingerprint density at radius 2 is 2.12 bits per heavy atom. The number of rotatable bonds is 5. The van der Waals surface area contributed by atoms with Gasteiger partial charge >= 0.3 is 6.18 Å². The molecule has 0 spiro atoms. The molecule has 0 amide bonds. The van der Waals surface area contributed by atoms with Gasteiger partial charge in [0.25, 0.3) is 0 Å². The maximum absolute atomic E-state index is 15.0. The zero-order valence-corrected chi connectivity index (χ0v) is 18.2. The number of piperidine rings is 1. The third-order valence-electron chi connectivity index (χ3n) is 5.67. The number of nitrogens with zero attached hydrogens (tertiary/aromatic N) is 5. The molecule has 180 valence electrons. The highest BCUT2D eigenvalue weighted by Crippen LogP contribution is 2.41. The average molecular weight is 479 g/mol. The van der Waals surface area contributed by atoms with E-state index in [1.165, 1.54) is 6.20 Å². The van der Waals surface area contributed by atoms with E-state index in [-0.39, 0.29) is 40.2 Å². The molecule has 3 aromatic heterocycles. The Hall–Kier alpha value is -3.50. The van der Waals surface area contributed by atoms with Crippen molar-refractivity contribution in [1.29, 1.82) is 5.26 Å². The summed E-state index contributed by atoms with van der Waals surface area (Å²) in [5.74, 6) is -1.08. The largest absolute Gasteiger partial charge is 0.495 e. The predicted molar refractivity (Wildman–Crippen MR) is 113 cm³/mol. The Balaban J connectivity index is 1.86. The number of methoxy groups -OCH3 is 1. The van der Waals surface area contributed by atoms with Gasteiger partial charge in [-0.25, -0.2) is 18.9 Å². The molecule has 0 radical (unpaired) electrons. The molecule has 0 bridgehead atoms. The minimum Gasteiger partial charge on any atom is -0.495 e. The molecule has 13 heteroatoms. The normalized spacial score (nSPS) is 18.4. The van der Waals surface area contributed by atoms with E-state index in [2.05, 4.69) is 25.7 Å². The molecular weight excluding hydrogens is 458 g/mol. The van der Waals surface area contributed by atoms with E-state index in [4.69, 9.17) is 4.74 Å². The van der Waals surface area contributed by atoms with Crippen molar-refractivity contribution < 1.29 is 27.4 Å². The second-order valence-electron chi connectivity index (χ2n) is 8.06. The van der Waals surface area contributed by atoms with Gasteiger partial charge in [-0.2, -0.15) is 23.5 Å². The molecule has 1 unspecified atom stereocenters. The van der Waals surface area contributed by atoms with Gasteiger partial charge in [0.2, 0.25) is 5.60 Å². The Labute approximate surface area is 191 Å². The number of hydrogen-bond acceptors (Lipinski definition) is 8. The van der Waals surface area contributed by atoms with E-state index in [0.717, 1.165) is 43.1 Å². The smallest absolute Gasteiger partial charge is 0.422 e. The van der Waals surface area contributed by atoms with Crippen molar-refractivity contribution in [3.63, 3.8) is 0 Å². The number of fused-ring (bicyclic) bond motifs is 1. The zero-order chi connectivity index (χ0) is 24.7. The molecule has 0 saturated carbocycles. The number of imidazole rings is 1. The highest BCUT2D eigenvalue weighted by Gasteiger charge is 2.54. The molecule has 4 rings (SSSR count). The molecule has 1 fully saturated rings. The van der Waals surface area contributed by atoms with Crippen LogP contribution in [-0.4, -0.2) is 57.1 Å². The second-order valence-corrected chi connectivity index (χ2v) is 8.06. The highest BCUT2D eigenvalue weighted by atomic mass is 19.4. The standard InChI is InChI=1S/C21H21F4N7O2/c1-20(33,21(23,24)25)18-15(34-2)7-16-28-10-14(32(16)31-18)17-13(22)6-11(8-26)19(30-17)29-12-4-3-5-27-9-12/h6-7,10,12,27,33H,3-5,9H2,1-2H3,(H,29,30)/t12-,20?/m1/s1. The number of nitrogens with one attached hydrogen (secondary N) is 2. The van der Waals surface area contributed by atoms with Crippen molar-refractivity contribution in [2.75, 3.05) is 25.5 Å². The van der Waals surface area contributed by atoms with Gasteiger partial charge in [0.1, 0.15) is 34.7 Å². The van der Waals surface area contributed by atoms with Crippen LogP contribution in [0.5, 0.6) is 5.75 Å². The van der Waals surface area contributed by atoms with Gasteiger partial charge in [0.05, 0.1) is 18.9 Å². The first-order chi connectivity index (χ1) is 16.1. The van der Waals surface area contributed by atoms with Gasteiger partial charge in [-0.05, 0) is 32.4 Å². The second kappa shape index (κ2) is 8.69. The fourth-order valence-electron chi connectivity index (χ4n) is 3.72. The zero-order valence-electron chi connectivity index (χ0n) is 18.2. The van der Waals surface area contributed by atoms with Crippen molar-refractivity contribution in [3.05, 3.63) is 35.4 Å². The first-order valence-corrected chi connectivity index (χ1v) is 10.4. The third-order valence-corrected chi connectivity index (χ3v) is 5.67. The van der Waals surface area contributed by atoms with Crippen LogP contribution in [0.4, 0.5) is 23.4 Å². The molecule has 34 heavy (non-hydrogen) atoms. The number of nitriles is 1. The number of pyridine rings is 1. The molecule has 1 aliphatic rings. The van der Waals surface area contributed by atoms with Crippen LogP contribution in [0.25, 0.3) is 17.0 Å². The maximum Gasteiger partial charge on any atom is 0.422 e. The Morgan fingerprint density at radius 1 is 1.35 bits per heavy atom. The van der Waals surface area contributed by atoms with E-state index < -0.39 is 23.3 Å². The summed E-state index contributed by atoms with van der Waals surface area (Å²) in [4.78, 5) is 8.33. The van der Waals surface area contributed by atoms with Gasteiger partial charge in [-0.3, -0.25) is 0 Å². The Morgan fingerprint density at radius 3 is 2.74 bits per heavy atom. The van der Waals surface area contributed by atoms with Crippen molar-refractivity contribution in [2.45, 2.75) is 37.6 Å². The fourth-order valence-corrected chi connectivity index (χ4v) is 3.72. The van der Waals surface area contributed by atoms with Gasteiger partial charge in [0.15, 0.2) is 11.5 Å². The minimum atomic E-state index is -5.06. The molecule has 4 heterocycles. The molecule has 0 aromatic carbocycles. The fraction of sp³-hybridized carbons (Fsp3) is 0.429. The molecule has 1 saturated heterocycles. The number of aliphatic hydroxyl groups is 1. The van der Waals surface area contributed by atoms with Crippen LogP contribution in [0.1, 0.15) is 31.0 Å². The first kappa shape index (κ1) is 23.7. The quantitative estimate of drug-likeness (QED) is 0.478. The summed E-state index contributed by atoms with van der Waals surface area (Å²) in [6.07, 6.45) is -2.14. The van der Waals surface area contributed by atoms with Gasteiger partial charge in [0, 0.05) is 18.7 Å². The van der Waals surface area contributed by atoms with Crippen LogP contribution >= 0.6 is 0 Å². The number of halogens is 4. The summed E-state index contributed by atoms with van der Waals surface area (Å²) in [7, 11) is 1.13. The summed E-state index contributed by atoms with van der Waals surface area (Å²) >= 11 is 0. The first-order valence-electron chi connectivity index (χ1n) is 10.4. The van der Waals surface area contributed by atoms with E-state index in [9.17, 15) is 27.9 Å². The lowest BCUT2D eigenvalue weighted by Gasteiger charge is -2.27. The van der Waals surface area contributed by atoms with E-state index >= 15 is 0 Å². The summed E-state index contributed by atoms with van der Waals surface area (Å²) < 4.78 is 61.5. The molecule has 2 atom stereocenters. The Kier molecular flexibility index (Phi) is 6.05. The number of anilines is 1. The van der Waals surface area contributed by atoms with Crippen LogP contribution < -0.4 is 15.4 Å². The van der Waals surface area contributed by atoms with Crippen LogP contribution in [0.3, 0.4) is 0 Å². The average Bonchev–Trinajstić information content (AvgIpc) is 3.21. The van der Waals surface area contributed by atoms with Gasteiger partial charge < -0.3 is 20.5 Å². The SMILES string of the molecule is COc1cc2ncc(-c3nc(N[C@@H]4CCCNC4)c(C#N)cc3F)n2nc1C(C)(O)C(F)(F)F. The molecular formula is C21H21F4N7O2. The molecule has 1 aliphatic heterocycles. The number of alkyl halides is 3. The van der Waals surface area contributed by atoms with Crippen molar-refractivity contribution in [2.24, 2.45) is 0 Å².